The lowest BCUT2D eigenvalue weighted by Gasteiger charge is -2.06. The molecule has 0 aliphatic heterocycles. The Morgan fingerprint density at radius 1 is 1.28 bits per heavy atom. The third-order valence-corrected chi connectivity index (χ3v) is 5.10. The molecule has 1 aromatic heterocycles. The maximum atomic E-state index is 12.1. The van der Waals surface area contributed by atoms with Gasteiger partial charge in [-0.15, -0.1) is 11.3 Å². The molecule has 0 aliphatic rings. The van der Waals surface area contributed by atoms with Gasteiger partial charge in [-0.05, 0) is 19.1 Å². The third-order valence-electron chi connectivity index (χ3n) is 2.34. The zero-order valence-corrected chi connectivity index (χ0v) is 12.8. The van der Waals surface area contributed by atoms with Crippen LogP contribution in [0.3, 0.4) is 0 Å². The van der Waals surface area contributed by atoms with Gasteiger partial charge in [-0.2, -0.15) is 0 Å². The summed E-state index contributed by atoms with van der Waals surface area (Å²) in [5.41, 5.74) is 1.60. The highest BCUT2D eigenvalue weighted by atomic mass is 35.5. The number of aryl methyl sites for hydroxylation is 1. The number of nitrogens with zero attached hydrogens (tertiary/aromatic N) is 1. The SMILES string of the molecule is Cc1nc(CS(=O)Cc2c(Cl)cccc2Cl)cs1. The van der Waals surface area contributed by atoms with Gasteiger partial charge in [0.25, 0.3) is 0 Å². The van der Waals surface area contributed by atoms with Gasteiger partial charge in [0.1, 0.15) is 0 Å². The van der Waals surface area contributed by atoms with Crippen molar-refractivity contribution >= 4 is 45.3 Å². The Morgan fingerprint density at radius 3 is 2.50 bits per heavy atom. The fourth-order valence-corrected chi connectivity index (χ4v) is 4.14. The minimum Gasteiger partial charge on any atom is -0.259 e. The monoisotopic (exact) mass is 319 g/mol. The average Bonchev–Trinajstić information content (AvgIpc) is 2.69. The van der Waals surface area contributed by atoms with E-state index in [-0.39, 0.29) is 0 Å². The molecule has 18 heavy (non-hydrogen) atoms. The van der Waals surface area contributed by atoms with Crippen molar-refractivity contribution in [1.29, 1.82) is 0 Å². The van der Waals surface area contributed by atoms with E-state index in [1.165, 1.54) is 0 Å². The van der Waals surface area contributed by atoms with E-state index in [1.807, 2.05) is 12.3 Å². The fraction of sp³-hybridized carbons (Fsp3) is 0.250. The van der Waals surface area contributed by atoms with E-state index in [1.54, 1.807) is 29.5 Å². The number of benzene rings is 1. The topological polar surface area (TPSA) is 30.0 Å². The summed E-state index contributed by atoms with van der Waals surface area (Å²) in [6.07, 6.45) is 0. The summed E-state index contributed by atoms with van der Waals surface area (Å²) in [7, 11) is -1.05. The van der Waals surface area contributed by atoms with E-state index < -0.39 is 10.8 Å². The van der Waals surface area contributed by atoms with E-state index in [9.17, 15) is 4.21 Å². The zero-order chi connectivity index (χ0) is 13.1. The van der Waals surface area contributed by atoms with Crippen molar-refractivity contribution in [1.82, 2.24) is 4.98 Å². The van der Waals surface area contributed by atoms with Crippen LogP contribution in [-0.4, -0.2) is 9.19 Å². The van der Waals surface area contributed by atoms with Gasteiger partial charge in [-0.25, -0.2) is 4.98 Å². The van der Waals surface area contributed by atoms with Gasteiger partial charge >= 0.3 is 0 Å². The molecule has 1 aromatic carbocycles. The normalized spacial score (nSPS) is 12.6. The molecule has 0 amide bonds. The van der Waals surface area contributed by atoms with Crippen molar-refractivity contribution in [2.75, 3.05) is 0 Å². The highest BCUT2D eigenvalue weighted by molar-refractivity contribution is 7.83. The van der Waals surface area contributed by atoms with Gasteiger partial charge < -0.3 is 0 Å². The molecule has 96 valence electrons. The summed E-state index contributed by atoms with van der Waals surface area (Å²) in [5.74, 6) is 0.793. The van der Waals surface area contributed by atoms with Crippen LogP contribution >= 0.6 is 34.5 Å². The molecule has 0 bridgehead atoms. The lowest BCUT2D eigenvalue weighted by Crippen LogP contribution is -2.01. The first kappa shape index (κ1) is 14.0. The Balaban J connectivity index is 2.08. The Labute approximate surface area is 122 Å². The van der Waals surface area contributed by atoms with E-state index in [0.717, 1.165) is 16.3 Å². The van der Waals surface area contributed by atoms with E-state index in [2.05, 4.69) is 4.98 Å². The Bertz CT molecular complexity index is 563. The van der Waals surface area contributed by atoms with Gasteiger partial charge in [0.05, 0.1) is 22.2 Å². The average molecular weight is 320 g/mol. The summed E-state index contributed by atoms with van der Waals surface area (Å²) in [6, 6.07) is 5.29. The van der Waals surface area contributed by atoms with Crippen molar-refractivity contribution in [3.63, 3.8) is 0 Å². The van der Waals surface area contributed by atoms with Crippen LogP contribution in [0.4, 0.5) is 0 Å². The minimum atomic E-state index is -1.05. The summed E-state index contributed by atoms with van der Waals surface area (Å²) < 4.78 is 12.1. The van der Waals surface area contributed by atoms with Gasteiger partial charge in [0.2, 0.25) is 0 Å². The molecule has 2 nitrogen and oxygen atoms in total. The molecule has 1 unspecified atom stereocenters. The second-order valence-electron chi connectivity index (χ2n) is 3.79. The second-order valence-corrected chi connectivity index (χ2v) is 7.12. The first-order valence-corrected chi connectivity index (χ1v) is 8.37. The smallest absolute Gasteiger partial charge is 0.0897 e. The van der Waals surface area contributed by atoms with E-state index in [0.29, 0.717) is 21.6 Å². The van der Waals surface area contributed by atoms with Crippen LogP contribution in [0.25, 0.3) is 0 Å². The molecular weight excluding hydrogens is 309 g/mol. The maximum absolute atomic E-state index is 12.1. The number of rotatable bonds is 4. The van der Waals surface area contributed by atoms with Crippen LogP contribution in [-0.2, 0) is 22.3 Å². The van der Waals surface area contributed by atoms with Crippen LogP contribution in [0.2, 0.25) is 10.0 Å². The Morgan fingerprint density at radius 2 is 1.94 bits per heavy atom. The van der Waals surface area contributed by atoms with Gasteiger partial charge in [0, 0.05) is 31.8 Å². The molecule has 0 N–H and O–H groups in total. The molecular formula is C12H11Cl2NOS2. The molecule has 2 aromatic rings. The largest absolute Gasteiger partial charge is 0.259 e. The summed E-state index contributed by atoms with van der Waals surface area (Å²) in [5, 5.41) is 4.04. The predicted molar refractivity (Wildman–Crippen MR) is 78.9 cm³/mol. The lowest BCUT2D eigenvalue weighted by atomic mass is 10.2. The molecule has 1 atom stereocenters. The lowest BCUT2D eigenvalue weighted by molar-refractivity contribution is 0.681. The van der Waals surface area contributed by atoms with Crippen LogP contribution in [0, 0.1) is 6.92 Å². The first-order chi connectivity index (χ1) is 8.56. The fourth-order valence-electron chi connectivity index (χ4n) is 1.52. The molecule has 1 heterocycles. The summed E-state index contributed by atoms with van der Waals surface area (Å²) in [4.78, 5) is 4.30. The van der Waals surface area contributed by atoms with Gasteiger partial charge in [-0.3, -0.25) is 4.21 Å². The maximum Gasteiger partial charge on any atom is 0.0897 e. The molecule has 0 saturated heterocycles. The van der Waals surface area contributed by atoms with Crippen molar-refractivity contribution in [2.24, 2.45) is 0 Å². The number of hydrogen-bond acceptors (Lipinski definition) is 3. The molecule has 2 rings (SSSR count). The third kappa shape index (κ3) is 3.54. The molecule has 6 heteroatoms. The van der Waals surface area contributed by atoms with Crippen LogP contribution in [0.15, 0.2) is 23.6 Å². The standard InChI is InChI=1S/C12H11Cl2NOS2/c1-8-15-9(5-17-8)6-18(16)7-10-11(13)3-2-4-12(10)14/h2-5H,6-7H2,1H3. The quantitative estimate of drug-likeness (QED) is 0.845. The Kier molecular flexibility index (Phi) is 4.78. The molecule has 0 spiro atoms. The highest BCUT2D eigenvalue weighted by Crippen LogP contribution is 2.26. The number of halogens is 2. The van der Waals surface area contributed by atoms with Crippen LogP contribution in [0.1, 0.15) is 16.3 Å². The van der Waals surface area contributed by atoms with Gasteiger partial charge in [0.15, 0.2) is 0 Å². The molecule has 0 aliphatic carbocycles. The van der Waals surface area contributed by atoms with Crippen molar-refractivity contribution in [3.05, 3.63) is 49.9 Å². The first-order valence-electron chi connectivity index (χ1n) is 5.25. The number of hydrogen-bond donors (Lipinski definition) is 0. The highest BCUT2D eigenvalue weighted by Gasteiger charge is 2.11. The van der Waals surface area contributed by atoms with Crippen molar-refractivity contribution in [2.45, 2.75) is 18.4 Å². The van der Waals surface area contributed by atoms with Gasteiger partial charge in [-0.1, -0.05) is 29.3 Å². The minimum absolute atomic E-state index is 0.356. The van der Waals surface area contributed by atoms with Crippen molar-refractivity contribution < 1.29 is 4.21 Å². The predicted octanol–water partition coefficient (Wildman–Crippen LogP) is 4.21. The molecule has 0 radical (unpaired) electrons. The Hall–Kier alpha value is -0.420. The van der Waals surface area contributed by atoms with Crippen molar-refractivity contribution in [3.8, 4) is 0 Å². The summed E-state index contributed by atoms with van der Waals surface area (Å²) >= 11 is 13.7. The number of thiazole rings is 1. The number of aromatic nitrogens is 1. The molecule has 0 saturated carbocycles. The van der Waals surface area contributed by atoms with E-state index in [4.69, 9.17) is 23.2 Å². The van der Waals surface area contributed by atoms with Crippen LogP contribution < -0.4 is 0 Å². The zero-order valence-electron chi connectivity index (χ0n) is 9.65. The summed E-state index contributed by atoms with van der Waals surface area (Å²) in [6.45, 7) is 1.93. The molecule has 0 fully saturated rings. The second kappa shape index (κ2) is 6.15. The van der Waals surface area contributed by atoms with E-state index >= 15 is 0 Å². The van der Waals surface area contributed by atoms with Crippen LogP contribution in [0.5, 0.6) is 0 Å².